The number of nitrogens with zero attached hydrogens (tertiary/aromatic N) is 2. The maximum Gasteiger partial charge on any atom is 0.252 e. The van der Waals surface area contributed by atoms with E-state index in [9.17, 15) is 9.90 Å². The van der Waals surface area contributed by atoms with Crippen molar-refractivity contribution in [1.82, 2.24) is 15.1 Å². The first-order valence-corrected chi connectivity index (χ1v) is 9.01. The summed E-state index contributed by atoms with van der Waals surface area (Å²) in [5, 5.41) is 17.8. The van der Waals surface area contributed by atoms with Crippen molar-refractivity contribution in [3.8, 4) is 5.75 Å². The second kappa shape index (κ2) is 7.25. The Bertz CT molecular complexity index is 952. The van der Waals surface area contributed by atoms with Gasteiger partial charge in [0, 0.05) is 30.3 Å². The molecule has 1 aliphatic rings. The zero-order valence-electron chi connectivity index (χ0n) is 14.9. The Kier molecular flexibility index (Phi) is 4.64. The molecule has 0 bridgehead atoms. The van der Waals surface area contributed by atoms with Crippen molar-refractivity contribution in [2.75, 3.05) is 0 Å². The van der Waals surface area contributed by atoms with Crippen molar-refractivity contribution in [2.45, 2.75) is 31.5 Å². The third-order valence-electron chi connectivity index (χ3n) is 4.95. The molecule has 0 spiro atoms. The first kappa shape index (κ1) is 17.3. The number of carbonyl (C=O) groups is 1. The fourth-order valence-corrected chi connectivity index (χ4v) is 3.39. The first-order chi connectivity index (χ1) is 13.1. The Labute approximate surface area is 157 Å². The van der Waals surface area contributed by atoms with Crippen molar-refractivity contribution in [2.24, 2.45) is 5.73 Å². The lowest BCUT2D eigenvalue weighted by molar-refractivity contribution is 0.0998. The summed E-state index contributed by atoms with van der Waals surface area (Å²) in [6, 6.07) is 16.0. The second-order valence-corrected chi connectivity index (χ2v) is 7.00. The summed E-state index contributed by atoms with van der Waals surface area (Å²) in [5.41, 5.74) is 8.70. The number of primary amides is 1. The van der Waals surface area contributed by atoms with Gasteiger partial charge in [0.2, 0.25) is 0 Å². The molecule has 138 valence electrons. The average Bonchev–Trinajstić information content (AvgIpc) is 3.31. The fourth-order valence-electron chi connectivity index (χ4n) is 3.39. The van der Waals surface area contributed by atoms with Crippen molar-refractivity contribution in [1.29, 1.82) is 0 Å². The molecule has 27 heavy (non-hydrogen) atoms. The van der Waals surface area contributed by atoms with E-state index in [2.05, 4.69) is 34.7 Å². The van der Waals surface area contributed by atoms with Crippen LogP contribution in [0, 0.1) is 0 Å². The van der Waals surface area contributed by atoms with Gasteiger partial charge < -0.3 is 16.2 Å². The Morgan fingerprint density at radius 2 is 2.04 bits per heavy atom. The van der Waals surface area contributed by atoms with Crippen molar-refractivity contribution >= 4 is 5.91 Å². The largest absolute Gasteiger partial charge is 0.507 e. The van der Waals surface area contributed by atoms with E-state index >= 15 is 0 Å². The quantitative estimate of drug-likeness (QED) is 0.602. The molecule has 1 fully saturated rings. The summed E-state index contributed by atoms with van der Waals surface area (Å²) in [7, 11) is 0. The van der Waals surface area contributed by atoms with E-state index in [0.29, 0.717) is 18.5 Å². The molecular weight excluding hydrogens is 340 g/mol. The Morgan fingerprint density at radius 3 is 2.78 bits per heavy atom. The summed E-state index contributed by atoms with van der Waals surface area (Å²) in [4.78, 5) is 11.2. The molecule has 2 unspecified atom stereocenters. The maximum atomic E-state index is 11.2. The van der Waals surface area contributed by atoms with Crippen LogP contribution in [-0.2, 0) is 13.1 Å². The average molecular weight is 362 g/mol. The van der Waals surface area contributed by atoms with Crippen LogP contribution in [-0.4, -0.2) is 26.8 Å². The van der Waals surface area contributed by atoms with Gasteiger partial charge in [-0.25, -0.2) is 0 Å². The highest BCUT2D eigenvalue weighted by molar-refractivity contribution is 5.95. The number of phenols is 1. The van der Waals surface area contributed by atoms with Gasteiger partial charge in [-0.1, -0.05) is 36.4 Å². The van der Waals surface area contributed by atoms with Gasteiger partial charge in [-0.15, -0.1) is 0 Å². The zero-order chi connectivity index (χ0) is 18.8. The normalized spacial score (nSPS) is 18.4. The van der Waals surface area contributed by atoms with Gasteiger partial charge >= 0.3 is 0 Å². The van der Waals surface area contributed by atoms with Gasteiger partial charge in [0.25, 0.3) is 5.91 Å². The van der Waals surface area contributed by atoms with Crippen LogP contribution in [0.25, 0.3) is 0 Å². The molecule has 1 aliphatic carbocycles. The summed E-state index contributed by atoms with van der Waals surface area (Å²) in [6.07, 6.45) is 5.01. The minimum absolute atomic E-state index is 0.102. The van der Waals surface area contributed by atoms with Crippen molar-refractivity contribution in [3.05, 3.63) is 83.2 Å². The summed E-state index contributed by atoms with van der Waals surface area (Å²) < 4.78 is 1.82. The lowest BCUT2D eigenvalue weighted by Crippen LogP contribution is -2.16. The van der Waals surface area contributed by atoms with Gasteiger partial charge in [-0.3, -0.25) is 9.48 Å². The van der Waals surface area contributed by atoms with Crippen LogP contribution in [0.5, 0.6) is 5.75 Å². The highest BCUT2D eigenvalue weighted by Gasteiger charge is 2.37. The number of nitrogens with two attached hydrogens (primary N) is 1. The maximum absolute atomic E-state index is 11.2. The summed E-state index contributed by atoms with van der Waals surface area (Å²) >= 11 is 0. The highest BCUT2D eigenvalue weighted by Crippen LogP contribution is 2.40. The number of aromatic nitrogens is 2. The number of hydrogen-bond donors (Lipinski definition) is 3. The molecule has 1 amide bonds. The van der Waals surface area contributed by atoms with Crippen LogP contribution in [0.1, 0.15) is 39.4 Å². The molecule has 0 aliphatic heterocycles. The number of aromatic hydroxyl groups is 1. The van der Waals surface area contributed by atoms with E-state index in [1.165, 1.54) is 18.1 Å². The number of hydrogen-bond acceptors (Lipinski definition) is 4. The molecule has 6 heteroatoms. The second-order valence-electron chi connectivity index (χ2n) is 7.00. The van der Waals surface area contributed by atoms with Crippen LogP contribution < -0.4 is 11.1 Å². The lowest BCUT2D eigenvalue weighted by atomic mass is 10.1. The van der Waals surface area contributed by atoms with E-state index in [4.69, 9.17) is 5.73 Å². The molecule has 1 saturated carbocycles. The predicted octanol–water partition coefficient (Wildman–Crippen LogP) is 2.38. The molecule has 4 rings (SSSR count). The number of carbonyl (C=O) groups excluding carboxylic acids is 1. The van der Waals surface area contributed by atoms with Crippen LogP contribution in [0.15, 0.2) is 60.9 Å². The van der Waals surface area contributed by atoms with Crippen LogP contribution in [0.2, 0.25) is 0 Å². The van der Waals surface area contributed by atoms with Crippen molar-refractivity contribution < 1.29 is 9.90 Å². The monoisotopic (exact) mass is 362 g/mol. The molecule has 2 aromatic carbocycles. The number of benzene rings is 2. The van der Waals surface area contributed by atoms with Gasteiger partial charge in [0.05, 0.1) is 18.3 Å². The Balaban J connectivity index is 1.32. The summed E-state index contributed by atoms with van der Waals surface area (Å²) in [6.45, 7) is 1.29. The van der Waals surface area contributed by atoms with Crippen molar-refractivity contribution in [3.63, 3.8) is 0 Å². The fraction of sp³-hybridized carbons (Fsp3) is 0.238. The van der Waals surface area contributed by atoms with Crippen LogP contribution >= 0.6 is 0 Å². The smallest absolute Gasteiger partial charge is 0.252 e. The zero-order valence-corrected chi connectivity index (χ0v) is 14.9. The van der Waals surface area contributed by atoms with Gasteiger partial charge in [-0.2, -0.15) is 5.10 Å². The SMILES string of the molecule is NC(=O)c1ccc(Cn2cc(CNC3CC3c3ccccc3)cn2)cc1O. The summed E-state index contributed by atoms with van der Waals surface area (Å²) in [5.74, 6) is -0.136. The molecule has 1 aromatic heterocycles. The minimum atomic E-state index is -0.639. The Hall–Kier alpha value is -3.12. The van der Waals surface area contributed by atoms with Crippen LogP contribution in [0.4, 0.5) is 0 Å². The molecule has 4 N–H and O–H groups in total. The van der Waals surface area contributed by atoms with E-state index in [1.807, 2.05) is 23.1 Å². The standard InChI is InChI=1S/C21H22N4O2/c22-21(27)17-7-6-14(8-20(17)26)12-25-13-15(11-24-25)10-23-19-9-18(19)16-4-2-1-3-5-16/h1-8,11,13,18-19,23,26H,9-10,12H2,(H2,22,27). The molecule has 3 aromatic rings. The first-order valence-electron chi connectivity index (χ1n) is 9.01. The Morgan fingerprint density at radius 1 is 1.22 bits per heavy atom. The molecule has 2 atom stereocenters. The highest BCUT2D eigenvalue weighted by atomic mass is 16.3. The molecule has 1 heterocycles. The molecule has 0 radical (unpaired) electrons. The van der Waals surface area contributed by atoms with Gasteiger partial charge in [0.15, 0.2) is 0 Å². The van der Waals surface area contributed by atoms with Gasteiger partial charge in [0.1, 0.15) is 5.75 Å². The number of amides is 1. The van der Waals surface area contributed by atoms with E-state index < -0.39 is 5.91 Å². The third kappa shape index (κ3) is 4.01. The van der Waals surface area contributed by atoms with Crippen LogP contribution in [0.3, 0.4) is 0 Å². The van der Waals surface area contributed by atoms with E-state index in [-0.39, 0.29) is 11.3 Å². The number of rotatable bonds is 7. The van der Waals surface area contributed by atoms with Gasteiger partial charge in [-0.05, 0) is 29.7 Å². The molecule has 6 nitrogen and oxygen atoms in total. The lowest BCUT2D eigenvalue weighted by Gasteiger charge is -2.05. The number of nitrogens with one attached hydrogen (secondary N) is 1. The predicted molar refractivity (Wildman–Crippen MR) is 102 cm³/mol. The molecular formula is C21H22N4O2. The third-order valence-corrected chi connectivity index (χ3v) is 4.95. The van der Waals surface area contributed by atoms with E-state index in [1.54, 1.807) is 12.1 Å². The topological polar surface area (TPSA) is 93.2 Å². The molecule has 0 saturated heterocycles. The minimum Gasteiger partial charge on any atom is -0.507 e. The van der Waals surface area contributed by atoms with E-state index in [0.717, 1.165) is 17.7 Å².